The molecule has 1 aromatic carbocycles. The van der Waals surface area contributed by atoms with Gasteiger partial charge in [0, 0.05) is 11.8 Å². The summed E-state index contributed by atoms with van der Waals surface area (Å²) in [4.78, 5) is 12.9. The molecule has 0 unspecified atom stereocenters. The minimum Gasteiger partial charge on any atom is -0.496 e. The van der Waals surface area contributed by atoms with Gasteiger partial charge in [-0.2, -0.15) is 0 Å². The minimum atomic E-state index is -0.420. The Balaban J connectivity index is 2.61. The summed E-state index contributed by atoms with van der Waals surface area (Å²) in [5, 5.41) is 0. The van der Waals surface area contributed by atoms with Crippen molar-refractivity contribution in [3.05, 3.63) is 23.3 Å². The Bertz CT molecular complexity index is 469. The Hall–Kier alpha value is -0.670. The van der Waals surface area contributed by atoms with Gasteiger partial charge in [0.1, 0.15) is 11.5 Å². The fourth-order valence-electron chi connectivity index (χ4n) is 2.32. The molecule has 4 heteroatoms. The third kappa shape index (κ3) is 2.06. The first-order valence-corrected chi connectivity index (χ1v) is 7.18. The van der Waals surface area contributed by atoms with E-state index in [9.17, 15) is 4.79 Å². The number of methoxy groups -OCH3 is 1. The van der Waals surface area contributed by atoms with Crippen LogP contribution in [-0.2, 0) is 16.6 Å². The van der Waals surface area contributed by atoms with E-state index in [2.05, 4.69) is 0 Å². The van der Waals surface area contributed by atoms with Crippen molar-refractivity contribution in [3.8, 4) is 5.75 Å². The summed E-state index contributed by atoms with van der Waals surface area (Å²) in [6, 6.07) is 4.00. The molecule has 0 fully saturated rings. The third-order valence-corrected chi connectivity index (χ3v) is 4.45. The summed E-state index contributed by atoms with van der Waals surface area (Å²) >= 11 is 0. The largest absolute Gasteiger partial charge is 0.496 e. The van der Waals surface area contributed by atoms with Crippen molar-refractivity contribution >= 4 is 27.4 Å². The van der Waals surface area contributed by atoms with Gasteiger partial charge in [-0.3, -0.25) is 4.79 Å². The first-order valence-electron chi connectivity index (χ1n) is 5.54. The molecule has 0 radical (unpaired) electrons. The zero-order valence-corrected chi connectivity index (χ0v) is 11.7. The highest BCUT2D eigenvalue weighted by molar-refractivity contribution is 8.21. The monoisotopic (exact) mass is 270 g/mol. The molecule has 2 rings (SSSR count). The number of fused-ring (bicyclic) bond motifs is 1. The number of hydrogen-bond donors (Lipinski definition) is 0. The highest BCUT2D eigenvalue weighted by Crippen LogP contribution is 2.41. The number of aryl methyl sites for hydroxylation is 1. The van der Waals surface area contributed by atoms with Gasteiger partial charge in [-0.15, -0.1) is 0 Å². The molecule has 2 nitrogen and oxygen atoms in total. The zero-order chi connectivity index (χ0) is 12.6. The van der Waals surface area contributed by atoms with Crippen molar-refractivity contribution < 1.29 is 9.53 Å². The molecule has 1 aliphatic carbocycles. The number of ketones is 1. The average Bonchev–Trinajstić information content (AvgIpc) is 2.33. The van der Waals surface area contributed by atoms with Gasteiger partial charge < -0.3 is 4.74 Å². The molecule has 0 bridgehead atoms. The van der Waals surface area contributed by atoms with E-state index in [-0.39, 0.29) is 0 Å². The second-order valence-corrected chi connectivity index (χ2v) is 5.84. The number of hydrogen-bond acceptors (Lipinski definition) is 3. The first-order chi connectivity index (χ1) is 8.00. The number of carbonyl (C=O) groups is 1. The number of carbonyl (C=O) groups excluding carboxylic acids is 1. The van der Waals surface area contributed by atoms with Crippen LogP contribution in [0.1, 0.15) is 31.4 Å². The van der Waals surface area contributed by atoms with E-state index < -0.39 is 5.41 Å². The van der Waals surface area contributed by atoms with Crippen molar-refractivity contribution in [1.29, 1.82) is 0 Å². The lowest BCUT2D eigenvalue weighted by Gasteiger charge is -2.31. The van der Waals surface area contributed by atoms with E-state index in [1.165, 1.54) is 5.56 Å². The van der Waals surface area contributed by atoms with Gasteiger partial charge >= 0.3 is 0 Å². The van der Waals surface area contributed by atoms with Gasteiger partial charge in [0.05, 0.1) is 12.0 Å². The Labute approximate surface area is 110 Å². The Morgan fingerprint density at radius 3 is 2.65 bits per heavy atom. The van der Waals surface area contributed by atoms with Gasteiger partial charge in [0.2, 0.25) is 0 Å². The van der Waals surface area contributed by atoms with E-state index in [1.54, 1.807) is 7.11 Å². The lowest BCUT2D eigenvalue weighted by molar-refractivity contribution is -0.124. The summed E-state index contributed by atoms with van der Waals surface area (Å²) in [5.41, 5.74) is 1.86. The molecular weight excluding hydrogens is 256 g/mol. The maximum Gasteiger partial charge on any atom is 0.143 e. The van der Waals surface area contributed by atoms with Crippen LogP contribution in [0.25, 0.3) is 0 Å². The topological polar surface area (TPSA) is 26.3 Å². The summed E-state index contributed by atoms with van der Waals surface area (Å²) in [5.74, 6) is 1.03. The molecule has 0 heterocycles. The predicted molar refractivity (Wildman–Crippen MR) is 71.1 cm³/mol. The van der Waals surface area contributed by atoms with E-state index >= 15 is 0 Å². The predicted octanol–water partition coefficient (Wildman–Crippen LogP) is 3.73. The Morgan fingerprint density at radius 1 is 1.35 bits per heavy atom. The molecule has 0 aliphatic heterocycles. The quantitative estimate of drug-likeness (QED) is 0.819. The van der Waals surface area contributed by atoms with Crippen molar-refractivity contribution in [2.24, 2.45) is 0 Å². The van der Waals surface area contributed by atoms with Crippen LogP contribution in [0, 0.1) is 0 Å². The lowest BCUT2D eigenvalue weighted by atomic mass is 9.72. The van der Waals surface area contributed by atoms with Crippen LogP contribution in [-0.4, -0.2) is 12.9 Å². The lowest BCUT2D eigenvalue weighted by Crippen LogP contribution is -2.34. The smallest absolute Gasteiger partial charge is 0.143 e. The maximum absolute atomic E-state index is 12.0. The average molecular weight is 271 g/mol. The second-order valence-electron chi connectivity index (χ2n) is 4.79. The number of ether oxygens (including phenoxy) is 1. The fraction of sp³-hybridized carbons (Fsp3) is 0.462. The van der Waals surface area contributed by atoms with Gasteiger partial charge in [-0.25, -0.2) is 0 Å². The second kappa shape index (κ2) is 4.54. The molecule has 1 aliphatic rings. The standard InChI is InChI=1S/C13H15ClO2S/c1-13(2)9-7-10(16-3)11(17-14)6-8(9)4-5-12(13)15/h6-7H,4-5H2,1-3H3. The number of rotatable bonds is 2. The van der Waals surface area contributed by atoms with Crippen molar-refractivity contribution in [1.82, 2.24) is 0 Å². The molecular formula is C13H15ClO2S. The first kappa shape index (κ1) is 12.8. The zero-order valence-electron chi connectivity index (χ0n) is 10.2. The number of Topliss-reactive ketones (excluding diaryl/α,β-unsaturated/α-hetero) is 1. The Morgan fingerprint density at radius 2 is 2.06 bits per heavy atom. The molecule has 0 spiro atoms. The van der Waals surface area contributed by atoms with Crippen molar-refractivity contribution in [2.45, 2.75) is 37.0 Å². The Kier molecular flexibility index (Phi) is 3.41. The third-order valence-electron chi connectivity index (χ3n) is 3.46. The molecule has 92 valence electrons. The van der Waals surface area contributed by atoms with Crippen LogP contribution in [0.2, 0.25) is 0 Å². The highest BCUT2D eigenvalue weighted by atomic mass is 35.7. The van der Waals surface area contributed by atoms with Crippen LogP contribution >= 0.6 is 21.7 Å². The highest BCUT2D eigenvalue weighted by Gasteiger charge is 2.35. The van der Waals surface area contributed by atoms with Crippen LogP contribution in [0.3, 0.4) is 0 Å². The van der Waals surface area contributed by atoms with Crippen LogP contribution in [0.5, 0.6) is 5.75 Å². The summed E-state index contributed by atoms with van der Waals surface area (Å²) in [7, 11) is 8.60. The maximum atomic E-state index is 12.0. The molecule has 0 saturated carbocycles. The van der Waals surface area contributed by atoms with E-state index in [1.807, 2.05) is 26.0 Å². The van der Waals surface area contributed by atoms with E-state index in [0.717, 1.165) is 33.6 Å². The van der Waals surface area contributed by atoms with Crippen LogP contribution < -0.4 is 4.74 Å². The molecule has 0 atom stereocenters. The molecule has 17 heavy (non-hydrogen) atoms. The van der Waals surface area contributed by atoms with E-state index in [4.69, 9.17) is 15.4 Å². The molecule has 1 aromatic rings. The molecule has 0 aromatic heterocycles. The van der Waals surface area contributed by atoms with Gasteiger partial charge in [-0.05, 0) is 65.2 Å². The van der Waals surface area contributed by atoms with Crippen molar-refractivity contribution in [3.63, 3.8) is 0 Å². The molecule has 0 N–H and O–H groups in total. The van der Waals surface area contributed by atoms with Gasteiger partial charge in [0.15, 0.2) is 0 Å². The van der Waals surface area contributed by atoms with Gasteiger partial charge in [-0.1, -0.05) is 0 Å². The normalized spacial score (nSPS) is 17.8. The number of halogens is 1. The van der Waals surface area contributed by atoms with Crippen LogP contribution in [0.15, 0.2) is 17.0 Å². The van der Waals surface area contributed by atoms with Crippen LogP contribution in [0.4, 0.5) is 0 Å². The van der Waals surface area contributed by atoms with Gasteiger partial charge in [0.25, 0.3) is 0 Å². The SMILES string of the molecule is COc1cc2c(cc1SCl)CCC(=O)C2(C)C. The van der Waals surface area contributed by atoms with Crippen molar-refractivity contribution in [2.75, 3.05) is 7.11 Å². The summed E-state index contributed by atoms with van der Waals surface area (Å²) < 4.78 is 5.31. The molecule has 0 amide bonds. The van der Waals surface area contributed by atoms with E-state index in [0.29, 0.717) is 12.2 Å². The number of benzene rings is 1. The molecule has 0 saturated heterocycles. The fourth-order valence-corrected chi connectivity index (χ4v) is 3.09. The summed E-state index contributed by atoms with van der Waals surface area (Å²) in [6.45, 7) is 3.94. The minimum absolute atomic E-state index is 0.290. The summed E-state index contributed by atoms with van der Waals surface area (Å²) in [6.07, 6.45) is 1.41.